The molecule has 6 nitrogen and oxygen atoms in total. The fraction of sp³-hybridized carbons (Fsp3) is 0.385. The number of anilines is 1. The van der Waals surface area contributed by atoms with Crippen LogP contribution in [0.4, 0.5) is 5.13 Å². The highest BCUT2D eigenvalue weighted by Gasteiger charge is 2.17. The Morgan fingerprint density at radius 3 is 2.52 bits per heavy atom. The van der Waals surface area contributed by atoms with Crippen molar-refractivity contribution in [2.45, 2.75) is 38.4 Å². The van der Waals surface area contributed by atoms with Crippen LogP contribution in [0.1, 0.15) is 24.3 Å². The van der Waals surface area contributed by atoms with Crippen LogP contribution < -0.4 is 10.0 Å². The zero-order valence-electron chi connectivity index (χ0n) is 12.1. The molecule has 0 aliphatic carbocycles. The highest BCUT2D eigenvalue weighted by Crippen LogP contribution is 2.20. The minimum absolute atomic E-state index is 0.0105. The summed E-state index contributed by atoms with van der Waals surface area (Å²) in [5, 5.41) is 3.59. The van der Waals surface area contributed by atoms with Crippen LogP contribution in [0.15, 0.2) is 29.6 Å². The van der Waals surface area contributed by atoms with E-state index in [-0.39, 0.29) is 5.03 Å². The molecule has 0 aliphatic heterocycles. The average molecular weight is 326 g/mol. The lowest BCUT2D eigenvalue weighted by molar-refractivity contribution is 0.585. The Hall–Kier alpha value is -1.51. The van der Waals surface area contributed by atoms with Crippen molar-refractivity contribution >= 4 is 26.5 Å². The topological polar surface area (TPSA) is 84.0 Å². The fourth-order valence-electron chi connectivity index (χ4n) is 1.57. The lowest BCUT2D eigenvalue weighted by atomic mass is 10.2. The molecule has 8 heteroatoms. The molecule has 0 saturated carbocycles. The van der Waals surface area contributed by atoms with Gasteiger partial charge in [0.05, 0.1) is 0 Å². The monoisotopic (exact) mass is 326 g/mol. The van der Waals surface area contributed by atoms with Crippen molar-refractivity contribution in [3.05, 3.63) is 35.0 Å². The standard InChI is InChI=1S/C13H18N4O2S2/c1-9(2)14-7-11-4-5-12(15-8-11)21(18,19)17-13-16-6-10(3)20-13/h4-6,8-9,14H,7H2,1-3H3,(H,16,17). The van der Waals surface area contributed by atoms with Crippen molar-refractivity contribution < 1.29 is 8.42 Å². The van der Waals surface area contributed by atoms with Gasteiger partial charge in [-0.1, -0.05) is 19.9 Å². The highest BCUT2D eigenvalue weighted by molar-refractivity contribution is 7.92. The van der Waals surface area contributed by atoms with Gasteiger partial charge in [0, 0.05) is 29.9 Å². The molecule has 0 atom stereocenters. The van der Waals surface area contributed by atoms with Gasteiger partial charge in [0.1, 0.15) is 0 Å². The first-order valence-corrected chi connectivity index (χ1v) is 8.80. The maximum atomic E-state index is 12.2. The number of hydrogen-bond donors (Lipinski definition) is 2. The van der Waals surface area contributed by atoms with Gasteiger partial charge in [0.2, 0.25) is 0 Å². The van der Waals surface area contributed by atoms with Gasteiger partial charge in [-0.15, -0.1) is 11.3 Å². The van der Waals surface area contributed by atoms with E-state index >= 15 is 0 Å². The number of sulfonamides is 1. The molecule has 0 fully saturated rings. The first-order chi connectivity index (χ1) is 9.87. The van der Waals surface area contributed by atoms with Crippen molar-refractivity contribution in [1.29, 1.82) is 0 Å². The molecule has 2 aromatic rings. The molecule has 0 aliphatic rings. The van der Waals surface area contributed by atoms with Crippen LogP contribution in [0.25, 0.3) is 0 Å². The molecule has 0 unspecified atom stereocenters. The van der Waals surface area contributed by atoms with Crippen LogP contribution in [0, 0.1) is 6.92 Å². The van der Waals surface area contributed by atoms with Crippen LogP contribution in [-0.4, -0.2) is 24.4 Å². The lowest BCUT2D eigenvalue weighted by Gasteiger charge is -2.08. The second-order valence-corrected chi connectivity index (χ2v) is 7.79. The van der Waals surface area contributed by atoms with Gasteiger partial charge in [0.15, 0.2) is 10.2 Å². The number of aryl methyl sites for hydroxylation is 1. The van der Waals surface area contributed by atoms with Gasteiger partial charge in [-0.3, -0.25) is 4.72 Å². The van der Waals surface area contributed by atoms with E-state index in [1.807, 2.05) is 20.8 Å². The summed E-state index contributed by atoms with van der Waals surface area (Å²) in [6.45, 7) is 6.62. The number of nitrogens with zero attached hydrogens (tertiary/aromatic N) is 2. The Balaban J connectivity index is 2.09. The zero-order chi connectivity index (χ0) is 15.5. The Labute approximate surface area is 128 Å². The summed E-state index contributed by atoms with van der Waals surface area (Å²) in [5.41, 5.74) is 0.938. The highest BCUT2D eigenvalue weighted by atomic mass is 32.2. The predicted octanol–water partition coefficient (Wildman–Crippen LogP) is 2.15. The largest absolute Gasteiger partial charge is 0.310 e. The summed E-state index contributed by atoms with van der Waals surface area (Å²) in [5.74, 6) is 0. The van der Waals surface area contributed by atoms with E-state index in [1.54, 1.807) is 18.5 Å². The minimum atomic E-state index is -3.68. The summed E-state index contributed by atoms with van der Waals surface area (Å²) in [4.78, 5) is 8.94. The molecule has 2 rings (SSSR count). The molecular weight excluding hydrogens is 308 g/mol. The molecule has 0 amide bonds. The van der Waals surface area contributed by atoms with Crippen LogP contribution in [-0.2, 0) is 16.6 Å². The second-order valence-electron chi connectivity index (χ2n) is 4.92. The lowest BCUT2D eigenvalue weighted by Crippen LogP contribution is -2.22. The van der Waals surface area contributed by atoms with Crippen molar-refractivity contribution in [3.8, 4) is 0 Å². The molecular formula is C13H18N4O2S2. The normalized spacial score (nSPS) is 11.8. The number of aromatic nitrogens is 2. The van der Waals surface area contributed by atoms with E-state index in [0.717, 1.165) is 10.4 Å². The summed E-state index contributed by atoms with van der Waals surface area (Å²) < 4.78 is 26.8. The molecule has 0 aromatic carbocycles. The van der Waals surface area contributed by atoms with Gasteiger partial charge in [-0.25, -0.2) is 9.97 Å². The van der Waals surface area contributed by atoms with E-state index in [4.69, 9.17) is 0 Å². The van der Waals surface area contributed by atoms with Gasteiger partial charge >= 0.3 is 0 Å². The Morgan fingerprint density at radius 1 is 1.24 bits per heavy atom. The molecule has 114 valence electrons. The van der Waals surface area contributed by atoms with Gasteiger partial charge in [0.25, 0.3) is 10.0 Å². The summed E-state index contributed by atoms with van der Waals surface area (Å²) >= 11 is 1.28. The summed E-state index contributed by atoms with van der Waals surface area (Å²) in [6.07, 6.45) is 3.19. The molecule has 2 aromatic heterocycles. The van der Waals surface area contributed by atoms with E-state index in [0.29, 0.717) is 17.7 Å². The minimum Gasteiger partial charge on any atom is -0.310 e. The van der Waals surface area contributed by atoms with Crippen LogP contribution in [0.5, 0.6) is 0 Å². The number of hydrogen-bond acceptors (Lipinski definition) is 6. The number of nitrogens with one attached hydrogen (secondary N) is 2. The predicted molar refractivity (Wildman–Crippen MR) is 83.9 cm³/mol. The SMILES string of the molecule is Cc1cnc(NS(=O)(=O)c2ccc(CNC(C)C)cn2)s1. The Kier molecular flexibility index (Phi) is 4.92. The van der Waals surface area contributed by atoms with Crippen molar-refractivity contribution in [2.24, 2.45) is 0 Å². The molecule has 21 heavy (non-hydrogen) atoms. The fourth-order valence-corrected chi connectivity index (χ4v) is 3.40. The van der Waals surface area contributed by atoms with Crippen LogP contribution in [0.2, 0.25) is 0 Å². The van der Waals surface area contributed by atoms with E-state index in [2.05, 4.69) is 20.0 Å². The van der Waals surface area contributed by atoms with Gasteiger partial charge in [-0.05, 0) is 18.6 Å². The molecule has 0 spiro atoms. The first-order valence-electron chi connectivity index (χ1n) is 6.50. The van der Waals surface area contributed by atoms with Crippen LogP contribution >= 0.6 is 11.3 Å². The van der Waals surface area contributed by atoms with Gasteiger partial charge < -0.3 is 5.32 Å². The van der Waals surface area contributed by atoms with Crippen molar-refractivity contribution in [3.63, 3.8) is 0 Å². The average Bonchev–Trinajstić information content (AvgIpc) is 2.81. The van der Waals surface area contributed by atoms with E-state index < -0.39 is 10.0 Å². The number of rotatable bonds is 6. The third-order valence-electron chi connectivity index (χ3n) is 2.63. The maximum absolute atomic E-state index is 12.2. The van der Waals surface area contributed by atoms with Crippen LogP contribution in [0.3, 0.4) is 0 Å². The first kappa shape index (κ1) is 15.9. The molecule has 2 heterocycles. The zero-order valence-corrected chi connectivity index (χ0v) is 13.8. The van der Waals surface area contributed by atoms with Gasteiger partial charge in [-0.2, -0.15) is 8.42 Å². The molecule has 0 saturated heterocycles. The van der Waals surface area contributed by atoms with E-state index in [9.17, 15) is 8.42 Å². The quantitative estimate of drug-likeness (QED) is 0.850. The molecule has 0 bridgehead atoms. The maximum Gasteiger partial charge on any atom is 0.281 e. The van der Waals surface area contributed by atoms with Crippen molar-refractivity contribution in [2.75, 3.05) is 4.72 Å². The Bertz CT molecular complexity index is 693. The van der Waals surface area contributed by atoms with E-state index in [1.165, 1.54) is 17.4 Å². The number of pyridine rings is 1. The van der Waals surface area contributed by atoms with Crippen molar-refractivity contribution in [1.82, 2.24) is 15.3 Å². The second kappa shape index (κ2) is 6.50. The smallest absolute Gasteiger partial charge is 0.281 e. The third kappa shape index (κ3) is 4.48. The molecule has 2 N–H and O–H groups in total. The third-order valence-corrected chi connectivity index (χ3v) is 4.84. The Morgan fingerprint density at radius 2 is 2.00 bits per heavy atom. The number of thiazole rings is 1. The summed E-state index contributed by atoms with van der Waals surface area (Å²) in [6, 6.07) is 3.62. The summed E-state index contributed by atoms with van der Waals surface area (Å²) in [7, 11) is -3.68. The molecule has 0 radical (unpaired) electrons.